The van der Waals surface area contributed by atoms with Gasteiger partial charge in [-0.25, -0.2) is 0 Å². The van der Waals surface area contributed by atoms with Crippen LogP contribution in [0, 0.1) is 5.92 Å². The second-order valence-corrected chi connectivity index (χ2v) is 5.74. The van der Waals surface area contributed by atoms with Crippen LogP contribution in [-0.2, 0) is 9.53 Å². The molecule has 1 saturated carbocycles. The molecule has 0 spiro atoms. The molecule has 4 nitrogen and oxygen atoms in total. The maximum Gasteiger partial charge on any atom is 0.326 e. The Morgan fingerprint density at radius 2 is 2.11 bits per heavy atom. The fourth-order valence-corrected chi connectivity index (χ4v) is 2.32. The molecule has 1 atom stereocenters. The van der Waals surface area contributed by atoms with Gasteiger partial charge in [0.05, 0.1) is 6.61 Å². The minimum absolute atomic E-state index is 0.136. The van der Waals surface area contributed by atoms with E-state index in [1.807, 2.05) is 20.9 Å². The van der Waals surface area contributed by atoms with Crippen molar-refractivity contribution in [3.63, 3.8) is 0 Å². The van der Waals surface area contributed by atoms with E-state index in [0.717, 1.165) is 31.8 Å². The molecular formula is C15H30N2O2. The average molecular weight is 270 g/mol. The Balaban J connectivity index is 2.32. The number of rotatable bonds is 10. The van der Waals surface area contributed by atoms with Crippen molar-refractivity contribution in [1.29, 1.82) is 0 Å². The van der Waals surface area contributed by atoms with E-state index in [1.54, 1.807) is 0 Å². The van der Waals surface area contributed by atoms with Crippen molar-refractivity contribution in [2.24, 2.45) is 5.92 Å². The minimum Gasteiger partial charge on any atom is -0.465 e. The van der Waals surface area contributed by atoms with E-state index in [4.69, 9.17) is 4.74 Å². The first-order chi connectivity index (χ1) is 9.05. The molecule has 112 valence electrons. The molecule has 0 heterocycles. The minimum atomic E-state index is -0.547. The van der Waals surface area contributed by atoms with Crippen molar-refractivity contribution in [3.05, 3.63) is 0 Å². The largest absolute Gasteiger partial charge is 0.465 e. The Hall–Kier alpha value is -0.610. The third kappa shape index (κ3) is 5.49. The predicted molar refractivity (Wildman–Crippen MR) is 78.2 cm³/mol. The van der Waals surface area contributed by atoms with Gasteiger partial charge in [-0.05, 0) is 65.6 Å². The topological polar surface area (TPSA) is 41.6 Å². The summed E-state index contributed by atoms with van der Waals surface area (Å²) in [5, 5.41) is 3.11. The lowest BCUT2D eigenvalue weighted by molar-refractivity contribution is -0.150. The fraction of sp³-hybridized carbons (Fsp3) is 0.933. The first kappa shape index (κ1) is 16.4. The third-order valence-corrected chi connectivity index (χ3v) is 4.09. The Labute approximate surface area is 117 Å². The molecule has 0 aromatic carbocycles. The van der Waals surface area contributed by atoms with Crippen LogP contribution in [0.15, 0.2) is 0 Å². The third-order valence-electron chi connectivity index (χ3n) is 4.09. The van der Waals surface area contributed by atoms with Crippen LogP contribution in [0.1, 0.15) is 46.5 Å². The Morgan fingerprint density at radius 1 is 1.42 bits per heavy atom. The number of hydrogen-bond donors (Lipinski definition) is 1. The van der Waals surface area contributed by atoms with Gasteiger partial charge in [0.2, 0.25) is 0 Å². The van der Waals surface area contributed by atoms with Crippen molar-refractivity contribution in [2.75, 3.05) is 33.3 Å². The molecule has 1 N–H and O–H groups in total. The van der Waals surface area contributed by atoms with Crippen molar-refractivity contribution in [1.82, 2.24) is 10.2 Å². The fourth-order valence-electron chi connectivity index (χ4n) is 2.32. The van der Waals surface area contributed by atoms with Gasteiger partial charge in [-0.2, -0.15) is 0 Å². The molecule has 4 heteroatoms. The van der Waals surface area contributed by atoms with Crippen LogP contribution in [0.2, 0.25) is 0 Å². The standard InChI is InChI=1S/C15H30N2O2/c1-5-17(12-13-8-9-13)11-7-10-15(3,16-4)14(18)19-6-2/h13,16H,5-12H2,1-4H3. The zero-order valence-corrected chi connectivity index (χ0v) is 13.0. The van der Waals surface area contributed by atoms with Crippen molar-refractivity contribution in [3.8, 4) is 0 Å². The molecule has 1 aliphatic carbocycles. The number of likely N-dealkylation sites (N-methyl/N-ethyl adjacent to an activating group) is 1. The highest BCUT2D eigenvalue weighted by molar-refractivity contribution is 5.80. The monoisotopic (exact) mass is 270 g/mol. The van der Waals surface area contributed by atoms with Gasteiger partial charge in [-0.1, -0.05) is 6.92 Å². The molecule has 19 heavy (non-hydrogen) atoms. The van der Waals surface area contributed by atoms with Gasteiger partial charge in [0.15, 0.2) is 0 Å². The second kappa shape index (κ2) is 7.85. The highest BCUT2D eigenvalue weighted by atomic mass is 16.5. The van der Waals surface area contributed by atoms with Crippen LogP contribution < -0.4 is 5.32 Å². The van der Waals surface area contributed by atoms with Gasteiger partial charge in [0, 0.05) is 6.54 Å². The molecule has 0 radical (unpaired) electrons. The summed E-state index contributed by atoms with van der Waals surface area (Å²) < 4.78 is 5.14. The summed E-state index contributed by atoms with van der Waals surface area (Å²) in [6, 6.07) is 0. The summed E-state index contributed by atoms with van der Waals surface area (Å²) in [5.74, 6) is 0.795. The van der Waals surface area contributed by atoms with Crippen LogP contribution in [0.4, 0.5) is 0 Å². The van der Waals surface area contributed by atoms with Crippen LogP contribution in [-0.4, -0.2) is 49.7 Å². The first-order valence-electron chi connectivity index (χ1n) is 7.64. The number of ether oxygens (including phenoxy) is 1. The van der Waals surface area contributed by atoms with E-state index in [0.29, 0.717) is 6.61 Å². The zero-order valence-electron chi connectivity index (χ0n) is 13.0. The second-order valence-electron chi connectivity index (χ2n) is 5.74. The molecule has 0 bridgehead atoms. The number of esters is 1. The van der Waals surface area contributed by atoms with E-state index < -0.39 is 5.54 Å². The normalized spacial score (nSPS) is 18.4. The number of carbonyl (C=O) groups is 1. The number of hydrogen-bond acceptors (Lipinski definition) is 4. The maximum atomic E-state index is 11.9. The van der Waals surface area contributed by atoms with Crippen molar-refractivity contribution < 1.29 is 9.53 Å². The average Bonchev–Trinajstić information content (AvgIpc) is 3.21. The lowest BCUT2D eigenvalue weighted by Crippen LogP contribution is -2.49. The summed E-state index contributed by atoms with van der Waals surface area (Å²) in [6.07, 6.45) is 4.64. The van der Waals surface area contributed by atoms with Crippen molar-refractivity contribution in [2.45, 2.75) is 52.0 Å². The molecular weight excluding hydrogens is 240 g/mol. The van der Waals surface area contributed by atoms with E-state index in [2.05, 4.69) is 17.1 Å². The molecule has 0 saturated heterocycles. The molecule has 1 unspecified atom stereocenters. The van der Waals surface area contributed by atoms with Gasteiger partial charge >= 0.3 is 5.97 Å². The van der Waals surface area contributed by atoms with Gasteiger partial charge < -0.3 is 15.0 Å². The van der Waals surface area contributed by atoms with Gasteiger partial charge in [0.25, 0.3) is 0 Å². The van der Waals surface area contributed by atoms with E-state index >= 15 is 0 Å². The Morgan fingerprint density at radius 3 is 2.58 bits per heavy atom. The SMILES string of the molecule is CCOC(=O)C(C)(CCCN(CC)CC1CC1)NC. The van der Waals surface area contributed by atoms with Gasteiger partial charge in [-0.15, -0.1) is 0 Å². The zero-order chi connectivity index (χ0) is 14.3. The first-order valence-corrected chi connectivity index (χ1v) is 7.64. The smallest absolute Gasteiger partial charge is 0.326 e. The van der Waals surface area contributed by atoms with Crippen molar-refractivity contribution >= 4 is 5.97 Å². The molecule has 0 aromatic rings. The lowest BCUT2D eigenvalue weighted by atomic mass is 9.96. The maximum absolute atomic E-state index is 11.9. The predicted octanol–water partition coefficient (Wildman–Crippen LogP) is 2.04. The van der Waals surface area contributed by atoms with Gasteiger partial charge in [0.1, 0.15) is 5.54 Å². The highest BCUT2D eigenvalue weighted by Crippen LogP contribution is 2.29. The van der Waals surface area contributed by atoms with Crippen LogP contribution in [0.5, 0.6) is 0 Å². The van der Waals surface area contributed by atoms with E-state index in [1.165, 1.54) is 19.4 Å². The van der Waals surface area contributed by atoms with E-state index in [-0.39, 0.29) is 5.97 Å². The number of nitrogens with one attached hydrogen (secondary N) is 1. The summed E-state index contributed by atoms with van der Waals surface area (Å²) in [4.78, 5) is 14.4. The summed E-state index contributed by atoms with van der Waals surface area (Å²) in [7, 11) is 1.83. The van der Waals surface area contributed by atoms with Crippen LogP contribution in [0.3, 0.4) is 0 Å². The Kier molecular flexibility index (Phi) is 6.80. The lowest BCUT2D eigenvalue weighted by Gasteiger charge is -2.28. The van der Waals surface area contributed by atoms with E-state index in [9.17, 15) is 4.79 Å². The summed E-state index contributed by atoms with van der Waals surface area (Å²) in [6.45, 7) is 9.84. The van der Waals surface area contributed by atoms with Crippen LogP contribution in [0.25, 0.3) is 0 Å². The quantitative estimate of drug-likeness (QED) is 0.617. The molecule has 1 fully saturated rings. The Bertz CT molecular complexity index is 279. The van der Waals surface area contributed by atoms with Gasteiger partial charge in [-0.3, -0.25) is 4.79 Å². The molecule has 0 aromatic heterocycles. The van der Waals surface area contributed by atoms with Crippen LogP contribution >= 0.6 is 0 Å². The molecule has 0 amide bonds. The molecule has 1 rings (SSSR count). The molecule has 0 aliphatic heterocycles. The summed E-state index contributed by atoms with van der Waals surface area (Å²) in [5.41, 5.74) is -0.547. The summed E-state index contributed by atoms with van der Waals surface area (Å²) >= 11 is 0. The number of nitrogens with zero attached hydrogens (tertiary/aromatic N) is 1. The number of carbonyl (C=O) groups excluding carboxylic acids is 1. The molecule has 1 aliphatic rings. The highest BCUT2D eigenvalue weighted by Gasteiger charge is 2.32.